The maximum absolute atomic E-state index is 12.3. The molecule has 0 saturated carbocycles. The van der Waals surface area contributed by atoms with Crippen molar-refractivity contribution in [3.63, 3.8) is 0 Å². The maximum Gasteiger partial charge on any atom is 0.335 e. The number of benzene rings is 1. The Hall–Kier alpha value is -3.09. The number of aromatic carboxylic acids is 1. The van der Waals surface area contributed by atoms with Crippen molar-refractivity contribution < 1.29 is 19.4 Å². The van der Waals surface area contributed by atoms with Crippen LogP contribution in [0.2, 0.25) is 0 Å². The number of likely N-dealkylation sites (tertiary alicyclic amines) is 1. The molecule has 2 N–H and O–H groups in total. The molecule has 0 unspecified atom stereocenters. The highest BCUT2D eigenvalue weighted by molar-refractivity contribution is 5.87. The highest BCUT2D eigenvalue weighted by Crippen LogP contribution is 2.18. The highest BCUT2D eigenvalue weighted by Gasteiger charge is 2.24. The van der Waals surface area contributed by atoms with Crippen LogP contribution >= 0.6 is 0 Å². The van der Waals surface area contributed by atoms with Crippen molar-refractivity contribution >= 4 is 12.0 Å². The third-order valence-electron chi connectivity index (χ3n) is 4.55. The summed E-state index contributed by atoms with van der Waals surface area (Å²) in [6.07, 6.45) is 3.31. The number of carboxylic acid groups (broad SMARTS) is 1. The number of piperidine rings is 1. The zero-order valence-electron chi connectivity index (χ0n) is 15.2. The molecule has 1 aromatic heterocycles. The number of carbonyl (C=O) groups is 2. The van der Waals surface area contributed by atoms with Crippen LogP contribution in [-0.2, 0) is 6.54 Å². The van der Waals surface area contributed by atoms with E-state index in [4.69, 9.17) is 9.84 Å². The second-order valence-electron chi connectivity index (χ2n) is 6.64. The zero-order chi connectivity index (χ0) is 19.2. The maximum atomic E-state index is 12.3. The summed E-state index contributed by atoms with van der Waals surface area (Å²) < 4.78 is 5.91. The van der Waals surface area contributed by atoms with E-state index in [-0.39, 0.29) is 17.7 Å². The minimum absolute atomic E-state index is 0.0620. The number of amides is 2. The molecule has 1 aliphatic rings. The molecule has 1 fully saturated rings. The molecule has 0 spiro atoms. The number of carbonyl (C=O) groups excluding carboxylic acids is 1. The molecule has 142 valence electrons. The first-order chi connectivity index (χ1) is 13.0. The van der Waals surface area contributed by atoms with Gasteiger partial charge in [0, 0.05) is 44.7 Å². The van der Waals surface area contributed by atoms with Gasteiger partial charge in [0.05, 0.1) is 5.56 Å². The lowest BCUT2D eigenvalue weighted by molar-refractivity contribution is 0.0696. The van der Waals surface area contributed by atoms with Gasteiger partial charge >= 0.3 is 12.0 Å². The zero-order valence-corrected chi connectivity index (χ0v) is 15.2. The average molecular weight is 369 g/mol. The molecule has 7 heteroatoms. The molecule has 2 heterocycles. The molecular weight excluding hydrogens is 346 g/mol. The Morgan fingerprint density at radius 2 is 1.93 bits per heavy atom. The fraction of sp³-hybridized carbons (Fsp3) is 0.350. The van der Waals surface area contributed by atoms with Crippen LogP contribution in [0, 0.1) is 6.92 Å². The number of carboxylic acids is 1. The van der Waals surface area contributed by atoms with Crippen molar-refractivity contribution in [1.29, 1.82) is 0 Å². The number of hydrogen-bond acceptors (Lipinski definition) is 4. The van der Waals surface area contributed by atoms with E-state index >= 15 is 0 Å². The third kappa shape index (κ3) is 5.20. The van der Waals surface area contributed by atoms with Crippen LogP contribution < -0.4 is 10.1 Å². The predicted octanol–water partition coefficient (Wildman–Crippen LogP) is 2.84. The standard InChI is InChI=1S/C20H23N3O4/c1-14-6-9-21-18(12-14)27-17-7-10-23(11-8-17)20(26)22-13-15-2-4-16(5-3-15)19(24)25/h2-6,9,12,17H,7-8,10-11,13H2,1H3,(H,22,26)(H,24,25). The molecule has 2 aromatic rings. The lowest BCUT2D eigenvalue weighted by Crippen LogP contribution is -2.46. The summed E-state index contributed by atoms with van der Waals surface area (Å²) in [6.45, 7) is 3.61. The predicted molar refractivity (Wildman–Crippen MR) is 99.8 cm³/mol. The van der Waals surface area contributed by atoms with Gasteiger partial charge in [-0.05, 0) is 36.2 Å². The Morgan fingerprint density at radius 3 is 2.56 bits per heavy atom. The molecule has 3 rings (SSSR count). The van der Waals surface area contributed by atoms with Gasteiger partial charge < -0.3 is 20.1 Å². The molecule has 0 atom stereocenters. The molecule has 7 nitrogen and oxygen atoms in total. The molecule has 1 saturated heterocycles. The van der Waals surface area contributed by atoms with E-state index < -0.39 is 5.97 Å². The number of ether oxygens (including phenoxy) is 1. The van der Waals surface area contributed by atoms with Crippen molar-refractivity contribution in [2.45, 2.75) is 32.4 Å². The summed E-state index contributed by atoms with van der Waals surface area (Å²) in [5.41, 5.74) is 2.19. The summed E-state index contributed by atoms with van der Waals surface area (Å²) in [7, 11) is 0. The third-order valence-corrected chi connectivity index (χ3v) is 4.55. The van der Waals surface area contributed by atoms with E-state index in [2.05, 4.69) is 10.3 Å². The molecule has 27 heavy (non-hydrogen) atoms. The first kappa shape index (κ1) is 18.7. The van der Waals surface area contributed by atoms with Crippen LogP contribution in [0.3, 0.4) is 0 Å². The second-order valence-corrected chi connectivity index (χ2v) is 6.64. The first-order valence-corrected chi connectivity index (χ1v) is 8.95. The number of hydrogen-bond donors (Lipinski definition) is 2. The van der Waals surface area contributed by atoms with Gasteiger partial charge in [-0.15, -0.1) is 0 Å². The van der Waals surface area contributed by atoms with Crippen LogP contribution in [-0.4, -0.2) is 46.2 Å². The lowest BCUT2D eigenvalue weighted by Gasteiger charge is -2.32. The Morgan fingerprint density at radius 1 is 1.22 bits per heavy atom. The van der Waals surface area contributed by atoms with Crippen molar-refractivity contribution in [3.8, 4) is 5.88 Å². The van der Waals surface area contributed by atoms with Gasteiger partial charge in [0.15, 0.2) is 0 Å². The highest BCUT2D eigenvalue weighted by atomic mass is 16.5. The summed E-state index contributed by atoms with van der Waals surface area (Å²) in [4.78, 5) is 29.2. The van der Waals surface area contributed by atoms with Gasteiger partial charge in [-0.1, -0.05) is 12.1 Å². The van der Waals surface area contributed by atoms with E-state index in [0.29, 0.717) is 25.5 Å². The van der Waals surface area contributed by atoms with Crippen molar-refractivity contribution in [3.05, 3.63) is 59.3 Å². The fourth-order valence-electron chi connectivity index (χ4n) is 2.98. The number of nitrogens with zero attached hydrogens (tertiary/aromatic N) is 2. The number of nitrogens with one attached hydrogen (secondary N) is 1. The van der Waals surface area contributed by atoms with Crippen LogP contribution in [0.1, 0.15) is 34.3 Å². The molecule has 0 aliphatic carbocycles. The largest absolute Gasteiger partial charge is 0.478 e. The van der Waals surface area contributed by atoms with Gasteiger partial charge in [-0.3, -0.25) is 0 Å². The van der Waals surface area contributed by atoms with Gasteiger partial charge in [-0.2, -0.15) is 0 Å². The average Bonchev–Trinajstić information content (AvgIpc) is 2.67. The topological polar surface area (TPSA) is 91.8 Å². The van der Waals surface area contributed by atoms with E-state index in [1.165, 1.54) is 12.1 Å². The van der Waals surface area contributed by atoms with Gasteiger partial charge in [0.1, 0.15) is 6.10 Å². The van der Waals surface area contributed by atoms with Crippen molar-refractivity contribution in [2.75, 3.05) is 13.1 Å². The van der Waals surface area contributed by atoms with E-state index in [1.807, 2.05) is 19.1 Å². The van der Waals surface area contributed by atoms with Crippen LogP contribution in [0.15, 0.2) is 42.6 Å². The van der Waals surface area contributed by atoms with E-state index in [1.54, 1.807) is 23.2 Å². The molecule has 2 amide bonds. The fourth-order valence-corrected chi connectivity index (χ4v) is 2.98. The smallest absolute Gasteiger partial charge is 0.335 e. The number of aryl methyl sites for hydroxylation is 1. The number of urea groups is 1. The molecule has 1 aromatic carbocycles. The SMILES string of the molecule is Cc1ccnc(OC2CCN(C(=O)NCc3ccc(C(=O)O)cc3)CC2)c1. The minimum Gasteiger partial charge on any atom is -0.478 e. The van der Waals surface area contributed by atoms with Crippen molar-refractivity contribution in [2.24, 2.45) is 0 Å². The Bertz CT molecular complexity index is 799. The van der Waals surface area contributed by atoms with Crippen LogP contribution in [0.5, 0.6) is 5.88 Å². The van der Waals surface area contributed by atoms with Crippen LogP contribution in [0.4, 0.5) is 4.79 Å². The normalized spacial score (nSPS) is 14.6. The summed E-state index contributed by atoms with van der Waals surface area (Å²) >= 11 is 0. The molecule has 0 radical (unpaired) electrons. The number of pyridine rings is 1. The Balaban J connectivity index is 1.43. The second kappa shape index (κ2) is 8.53. The van der Waals surface area contributed by atoms with Gasteiger partial charge in [0.2, 0.25) is 5.88 Å². The van der Waals surface area contributed by atoms with Crippen LogP contribution in [0.25, 0.3) is 0 Å². The number of aromatic nitrogens is 1. The van der Waals surface area contributed by atoms with E-state index in [9.17, 15) is 9.59 Å². The summed E-state index contributed by atoms with van der Waals surface area (Å²) in [5.74, 6) is -0.334. The molecule has 1 aliphatic heterocycles. The quantitative estimate of drug-likeness (QED) is 0.846. The molecule has 0 bridgehead atoms. The summed E-state index contributed by atoms with van der Waals surface area (Å²) in [6, 6.07) is 10.2. The van der Waals surface area contributed by atoms with E-state index in [0.717, 1.165) is 24.0 Å². The van der Waals surface area contributed by atoms with Crippen molar-refractivity contribution in [1.82, 2.24) is 15.2 Å². The molecular formula is C20H23N3O4. The minimum atomic E-state index is -0.962. The lowest BCUT2D eigenvalue weighted by atomic mass is 10.1. The van der Waals surface area contributed by atoms with Gasteiger partial charge in [0.25, 0.3) is 0 Å². The Labute approximate surface area is 158 Å². The Kier molecular flexibility index (Phi) is 5.90. The van der Waals surface area contributed by atoms with Gasteiger partial charge in [-0.25, -0.2) is 14.6 Å². The number of rotatable bonds is 5. The monoisotopic (exact) mass is 369 g/mol. The summed E-state index contributed by atoms with van der Waals surface area (Å²) in [5, 5.41) is 11.8. The first-order valence-electron chi connectivity index (χ1n) is 8.95.